The van der Waals surface area contributed by atoms with Gasteiger partial charge in [0.25, 0.3) is 5.91 Å². The van der Waals surface area contributed by atoms with E-state index in [4.69, 9.17) is 4.42 Å². The van der Waals surface area contributed by atoms with Crippen LogP contribution in [0.25, 0.3) is 5.82 Å². The zero-order valence-corrected chi connectivity index (χ0v) is 18.2. The van der Waals surface area contributed by atoms with Gasteiger partial charge in [0.05, 0.1) is 29.6 Å². The number of amides is 2. The molecule has 2 amide bonds. The van der Waals surface area contributed by atoms with Crippen molar-refractivity contribution in [3.63, 3.8) is 0 Å². The number of aromatic nitrogens is 3. The summed E-state index contributed by atoms with van der Waals surface area (Å²) in [6.07, 6.45) is -2.59. The van der Waals surface area contributed by atoms with Crippen molar-refractivity contribution in [2.45, 2.75) is 33.5 Å². The van der Waals surface area contributed by atoms with Crippen molar-refractivity contribution in [2.24, 2.45) is 0 Å². The first-order valence-corrected chi connectivity index (χ1v) is 10.1. The first kappa shape index (κ1) is 24.0. The lowest BCUT2D eigenvalue weighted by Crippen LogP contribution is -2.41. The van der Waals surface area contributed by atoms with Crippen LogP contribution in [0.15, 0.2) is 41.1 Å². The van der Waals surface area contributed by atoms with Crippen molar-refractivity contribution < 1.29 is 27.2 Å². The average Bonchev–Trinajstić information content (AvgIpc) is 3.41. The largest absolute Gasteiger partial charge is 0.454 e. The van der Waals surface area contributed by atoms with Gasteiger partial charge in [-0.25, -0.2) is 9.67 Å². The van der Waals surface area contributed by atoms with Gasteiger partial charge in [0.15, 0.2) is 11.6 Å². The molecule has 33 heavy (non-hydrogen) atoms. The molecule has 3 aromatic heterocycles. The normalized spacial score (nSPS) is 11.6. The molecule has 3 aromatic rings. The Hall–Kier alpha value is -3.67. The standard InChI is InChI=1S/C21H23F3N6O3/c1-4-29(5-2)12-15-7-8-17(33-15)20(32)28-27-19(31)16-11-26-30(13(16)3)18-9-6-14(10-25-18)21(22,23)24/h6-11H,4-5,12H2,1-3H3,(H,27,31)(H,28,32). The number of hydrogen-bond donors (Lipinski definition) is 2. The first-order chi connectivity index (χ1) is 15.6. The van der Waals surface area contributed by atoms with E-state index >= 15 is 0 Å². The van der Waals surface area contributed by atoms with E-state index in [1.165, 1.54) is 16.9 Å². The third-order valence-electron chi connectivity index (χ3n) is 5.00. The van der Waals surface area contributed by atoms with Gasteiger partial charge in [0.1, 0.15) is 5.76 Å². The van der Waals surface area contributed by atoms with Crippen LogP contribution in [0.1, 0.15) is 51.8 Å². The summed E-state index contributed by atoms with van der Waals surface area (Å²) in [5.41, 5.74) is 4.09. The molecule has 2 N–H and O–H groups in total. The van der Waals surface area contributed by atoms with Crippen LogP contribution < -0.4 is 10.9 Å². The molecule has 9 nitrogen and oxygen atoms in total. The minimum atomic E-state index is -4.51. The molecule has 0 fully saturated rings. The third-order valence-corrected chi connectivity index (χ3v) is 5.00. The van der Waals surface area contributed by atoms with E-state index in [-0.39, 0.29) is 17.1 Å². The number of furan rings is 1. The Morgan fingerprint density at radius 2 is 1.76 bits per heavy atom. The van der Waals surface area contributed by atoms with E-state index in [0.717, 1.165) is 25.2 Å². The number of hydrogen-bond acceptors (Lipinski definition) is 6. The molecular formula is C21H23F3N6O3. The second-order valence-corrected chi connectivity index (χ2v) is 7.09. The lowest BCUT2D eigenvalue weighted by Gasteiger charge is -2.15. The molecule has 0 unspecified atom stereocenters. The van der Waals surface area contributed by atoms with Crippen LogP contribution in [0.4, 0.5) is 13.2 Å². The SMILES string of the molecule is CCN(CC)Cc1ccc(C(=O)NNC(=O)c2cnn(-c3ccc(C(F)(F)F)cn3)c2C)o1. The topological polar surface area (TPSA) is 105 Å². The molecule has 0 aromatic carbocycles. The van der Waals surface area contributed by atoms with Crippen molar-refractivity contribution in [3.8, 4) is 5.82 Å². The summed E-state index contributed by atoms with van der Waals surface area (Å²) in [7, 11) is 0. The molecule has 0 bridgehead atoms. The maximum Gasteiger partial charge on any atom is 0.417 e. The van der Waals surface area contributed by atoms with Gasteiger partial charge in [-0.1, -0.05) is 13.8 Å². The average molecular weight is 464 g/mol. The van der Waals surface area contributed by atoms with E-state index in [0.29, 0.717) is 24.2 Å². The van der Waals surface area contributed by atoms with Crippen molar-refractivity contribution in [1.29, 1.82) is 0 Å². The molecule has 0 aliphatic rings. The van der Waals surface area contributed by atoms with Crippen LogP contribution in [0.5, 0.6) is 0 Å². The summed E-state index contributed by atoms with van der Waals surface area (Å²) in [4.78, 5) is 30.6. The Bertz CT molecular complexity index is 1120. The van der Waals surface area contributed by atoms with Gasteiger partial charge >= 0.3 is 12.1 Å². The summed E-state index contributed by atoms with van der Waals surface area (Å²) < 4.78 is 44.9. The number of nitrogens with zero attached hydrogens (tertiary/aromatic N) is 4. The van der Waals surface area contributed by atoms with E-state index in [1.54, 1.807) is 13.0 Å². The molecule has 3 heterocycles. The molecule has 0 radical (unpaired) electrons. The van der Waals surface area contributed by atoms with E-state index in [9.17, 15) is 22.8 Å². The fraction of sp³-hybridized carbons (Fsp3) is 0.333. The highest BCUT2D eigenvalue weighted by molar-refractivity contribution is 5.98. The van der Waals surface area contributed by atoms with Crippen LogP contribution in [0.2, 0.25) is 0 Å². The van der Waals surface area contributed by atoms with Crippen molar-refractivity contribution in [2.75, 3.05) is 13.1 Å². The van der Waals surface area contributed by atoms with Gasteiger partial charge in [-0.3, -0.25) is 25.3 Å². The summed E-state index contributed by atoms with van der Waals surface area (Å²) in [5.74, 6) is -0.521. The highest BCUT2D eigenvalue weighted by Gasteiger charge is 2.31. The highest BCUT2D eigenvalue weighted by Crippen LogP contribution is 2.28. The summed E-state index contributed by atoms with van der Waals surface area (Å²) in [6.45, 7) is 7.83. The van der Waals surface area contributed by atoms with Crippen molar-refractivity contribution in [3.05, 3.63) is 65.0 Å². The smallest absolute Gasteiger partial charge is 0.417 e. The van der Waals surface area contributed by atoms with Gasteiger partial charge in [-0.05, 0) is 44.3 Å². The lowest BCUT2D eigenvalue weighted by atomic mass is 10.2. The Balaban J connectivity index is 1.63. The Kier molecular flexibility index (Phi) is 7.16. The zero-order chi connectivity index (χ0) is 24.2. The number of rotatable bonds is 7. The molecule has 0 saturated carbocycles. The van der Waals surface area contributed by atoms with Crippen LogP contribution in [0, 0.1) is 6.92 Å². The van der Waals surface area contributed by atoms with Crippen LogP contribution in [-0.4, -0.2) is 44.6 Å². The zero-order valence-electron chi connectivity index (χ0n) is 18.2. The van der Waals surface area contributed by atoms with Crippen molar-refractivity contribution >= 4 is 11.8 Å². The Labute approximate surface area is 187 Å². The number of halogens is 3. The molecule has 3 rings (SSSR count). The Morgan fingerprint density at radius 3 is 2.36 bits per heavy atom. The number of carbonyl (C=O) groups is 2. The van der Waals surface area contributed by atoms with E-state index in [2.05, 4.69) is 25.8 Å². The van der Waals surface area contributed by atoms with E-state index < -0.39 is 23.6 Å². The summed E-state index contributed by atoms with van der Waals surface area (Å²) in [5, 5.41) is 4.01. The van der Waals surface area contributed by atoms with E-state index in [1.807, 2.05) is 13.8 Å². The van der Waals surface area contributed by atoms with Gasteiger partial charge in [-0.15, -0.1) is 0 Å². The number of hydrazine groups is 1. The Morgan fingerprint density at radius 1 is 1.06 bits per heavy atom. The molecular weight excluding hydrogens is 441 g/mol. The number of pyridine rings is 1. The second kappa shape index (κ2) is 9.86. The van der Waals surface area contributed by atoms with Crippen molar-refractivity contribution in [1.82, 2.24) is 30.5 Å². The molecule has 0 atom stereocenters. The minimum absolute atomic E-state index is 0.0406. The number of alkyl halides is 3. The molecule has 0 spiro atoms. The van der Waals surface area contributed by atoms with Crippen LogP contribution in [0.3, 0.4) is 0 Å². The van der Waals surface area contributed by atoms with Gasteiger partial charge < -0.3 is 4.42 Å². The molecule has 0 aliphatic carbocycles. The van der Waals surface area contributed by atoms with Crippen LogP contribution in [-0.2, 0) is 12.7 Å². The van der Waals surface area contributed by atoms with Crippen LogP contribution >= 0.6 is 0 Å². The minimum Gasteiger partial charge on any atom is -0.454 e. The fourth-order valence-electron chi connectivity index (χ4n) is 3.04. The lowest BCUT2D eigenvalue weighted by molar-refractivity contribution is -0.137. The summed E-state index contributed by atoms with van der Waals surface area (Å²) in [6, 6.07) is 5.24. The first-order valence-electron chi connectivity index (χ1n) is 10.1. The monoisotopic (exact) mass is 464 g/mol. The van der Waals surface area contributed by atoms with Gasteiger partial charge in [0.2, 0.25) is 0 Å². The fourth-order valence-corrected chi connectivity index (χ4v) is 3.04. The highest BCUT2D eigenvalue weighted by atomic mass is 19.4. The maximum absolute atomic E-state index is 12.7. The van der Waals surface area contributed by atoms with Gasteiger partial charge in [0, 0.05) is 6.20 Å². The second-order valence-electron chi connectivity index (χ2n) is 7.09. The number of nitrogens with one attached hydrogen (secondary N) is 2. The molecule has 12 heteroatoms. The third kappa shape index (κ3) is 5.58. The quantitative estimate of drug-likeness (QED) is 0.521. The molecule has 0 aliphatic heterocycles. The van der Waals surface area contributed by atoms with Gasteiger partial charge in [-0.2, -0.15) is 18.3 Å². The maximum atomic E-state index is 12.7. The predicted molar refractivity (Wildman–Crippen MR) is 111 cm³/mol. The predicted octanol–water partition coefficient (Wildman–Crippen LogP) is 3.10. The molecule has 0 saturated heterocycles. The number of carbonyl (C=O) groups excluding carboxylic acids is 2. The summed E-state index contributed by atoms with van der Waals surface area (Å²) >= 11 is 0. The molecule has 176 valence electrons.